The second kappa shape index (κ2) is 16.6. The summed E-state index contributed by atoms with van der Waals surface area (Å²) in [6, 6.07) is 10.5. The first-order chi connectivity index (χ1) is 14.7. The summed E-state index contributed by atoms with van der Waals surface area (Å²) in [6.07, 6.45) is 3.94. The minimum Gasteiger partial charge on any atom is -0.473 e. The number of hydrogen-bond acceptors (Lipinski definition) is 7. The number of hydrogen-bond donors (Lipinski definition) is 5. The van der Waals surface area contributed by atoms with E-state index in [1.807, 2.05) is 0 Å². The molecule has 1 saturated heterocycles. The molecular weight excluding hydrogens is 410 g/mol. The van der Waals surface area contributed by atoms with Gasteiger partial charge in [-0.25, -0.2) is 19.2 Å². The Morgan fingerprint density at radius 3 is 1.77 bits per heavy atom. The van der Waals surface area contributed by atoms with Gasteiger partial charge in [0, 0.05) is 31.9 Å². The van der Waals surface area contributed by atoms with Crippen LogP contribution in [0.25, 0.3) is 0 Å². The van der Waals surface area contributed by atoms with Crippen molar-refractivity contribution in [1.82, 2.24) is 9.80 Å². The third-order valence-corrected chi connectivity index (χ3v) is 4.07. The quantitative estimate of drug-likeness (QED) is 0.385. The fraction of sp³-hybridized carbons (Fsp3) is 0.500. The van der Waals surface area contributed by atoms with Crippen molar-refractivity contribution in [2.24, 2.45) is 0 Å². The molecule has 1 heterocycles. The van der Waals surface area contributed by atoms with Crippen LogP contribution >= 0.6 is 0 Å². The topological polar surface area (TPSA) is 168 Å². The van der Waals surface area contributed by atoms with Gasteiger partial charge in [-0.1, -0.05) is 31.5 Å². The second-order valence-corrected chi connectivity index (χ2v) is 6.60. The van der Waals surface area contributed by atoms with Crippen LogP contribution in [0, 0.1) is 0 Å². The third kappa shape index (κ3) is 15.3. The van der Waals surface area contributed by atoms with Crippen LogP contribution in [0.3, 0.4) is 0 Å². The molecule has 5 N–H and O–H groups in total. The van der Waals surface area contributed by atoms with E-state index < -0.39 is 23.9 Å². The van der Waals surface area contributed by atoms with Crippen LogP contribution in [0.15, 0.2) is 30.3 Å². The smallest absolute Gasteiger partial charge is 0.414 e. The Labute approximate surface area is 180 Å². The molecule has 0 atom stereocenters. The number of carbonyl (C=O) groups is 4. The standard InChI is InChI=1S/C16H27N3.2C2H2O4/c1-2-3-11-18-12-7-13-19(15-18)14-10-17-16-8-5-4-6-9-16;2*3-1(4)2(5)6/h4-6,8-9,17H,2-3,7,10-15H2,1H3;2*(H,3,4)(H,5,6). The summed E-state index contributed by atoms with van der Waals surface area (Å²) in [5.41, 5.74) is 1.22. The van der Waals surface area contributed by atoms with Gasteiger partial charge in [0.15, 0.2) is 0 Å². The van der Waals surface area contributed by atoms with Crippen molar-refractivity contribution in [1.29, 1.82) is 0 Å². The molecule has 0 radical (unpaired) electrons. The van der Waals surface area contributed by atoms with Gasteiger partial charge in [-0.05, 0) is 31.5 Å². The number of nitrogens with one attached hydrogen (secondary N) is 1. The molecule has 31 heavy (non-hydrogen) atoms. The number of aliphatic carboxylic acids is 4. The van der Waals surface area contributed by atoms with Gasteiger partial charge in [0.25, 0.3) is 0 Å². The van der Waals surface area contributed by atoms with Gasteiger partial charge in [-0.2, -0.15) is 0 Å². The number of carboxylic acids is 4. The number of benzene rings is 1. The van der Waals surface area contributed by atoms with Gasteiger partial charge in [-0.15, -0.1) is 0 Å². The van der Waals surface area contributed by atoms with Crippen LogP contribution in [-0.2, 0) is 19.2 Å². The Balaban J connectivity index is 0.000000620. The maximum absolute atomic E-state index is 9.10. The molecule has 1 aliphatic heterocycles. The number of nitrogens with zero attached hydrogens (tertiary/aromatic N) is 2. The molecule has 0 spiro atoms. The van der Waals surface area contributed by atoms with E-state index in [2.05, 4.69) is 52.4 Å². The van der Waals surface area contributed by atoms with Gasteiger partial charge >= 0.3 is 23.9 Å². The lowest BCUT2D eigenvalue weighted by atomic mass is 10.2. The zero-order valence-electron chi connectivity index (χ0n) is 17.6. The van der Waals surface area contributed by atoms with Gasteiger partial charge in [-0.3, -0.25) is 9.80 Å². The molecule has 0 aromatic heterocycles. The predicted octanol–water partition coefficient (Wildman–Crippen LogP) is 1.18. The molecule has 0 amide bonds. The van der Waals surface area contributed by atoms with Crippen molar-refractivity contribution >= 4 is 29.6 Å². The fourth-order valence-electron chi connectivity index (χ4n) is 2.60. The monoisotopic (exact) mass is 441 g/mol. The molecule has 2 rings (SSSR count). The summed E-state index contributed by atoms with van der Waals surface area (Å²) in [5, 5.41) is 33.1. The zero-order valence-corrected chi connectivity index (χ0v) is 17.6. The maximum Gasteiger partial charge on any atom is 0.414 e. The highest BCUT2D eigenvalue weighted by Crippen LogP contribution is 2.08. The lowest BCUT2D eigenvalue weighted by Gasteiger charge is -2.35. The highest BCUT2D eigenvalue weighted by Gasteiger charge is 2.16. The summed E-state index contributed by atoms with van der Waals surface area (Å²) in [6.45, 7) is 9.38. The first-order valence-electron chi connectivity index (χ1n) is 9.83. The van der Waals surface area contributed by atoms with E-state index >= 15 is 0 Å². The van der Waals surface area contributed by atoms with Crippen LogP contribution in [0.2, 0.25) is 0 Å². The van der Waals surface area contributed by atoms with E-state index in [4.69, 9.17) is 39.6 Å². The van der Waals surface area contributed by atoms with E-state index in [9.17, 15) is 0 Å². The van der Waals surface area contributed by atoms with E-state index in [1.165, 1.54) is 44.6 Å². The van der Waals surface area contributed by atoms with Crippen LogP contribution in [0.4, 0.5) is 5.69 Å². The van der Waals surface area contributed by atoms with Crippen molar-refractivity contribution in [3.8, 4) is 0 Å². The Morgan fingerprint density at radius 1 is 0.839 bits per heavy atom. The molecule has 0 bridgehead atoms. The van der Waals surface area contributed by atoms with Crippen LogP contribution < -0.4 is 5.32 Å². The molecule has 11 heteroatoms. The zero-order chi connectivity index (χ0) is 23.6. The van der Waals surface area contributed by atoms with Crippen molar-refractivity contribution in [2.45, 2.75) is 26.2 Å². The van der Waals surface area contributed by atoms with Crippen LogP contribution in [0.1, 0.15) is 26.2 Å². The summed E-state index contributed by atoms with van der Waals surface area (Å²) in [4.78, 5) is 41.6. The van der Waals surface area contributed by atoms with E-state index in [1.54, 1.807) is 0 Å². The summed E-state index contributed by atoms with van der Waals surface area (Å²) >= 11 is 0. The molecule has 0 unspecified atom stereocenters. The predicted molar refractivity (Wildman–Crippen MR) is 113 cm³/mol. The molecule has 0 saturated carbocycles. The lowest BCUT2D eigenvalue weighted by Crippen LogP contribution is -2.46. The minimum atomic E-state index is -1.82. The van der Waals surface area contributed by atoms with Gasteiger partial charge < -0.3 is 25.7 Å². The Hall–Kier alpha value is -3.18. The molecule has 11 nitrogen and oxygen atoms in total. The SMILES string of the molecule is CCCCN1CCCN(CCNc2ccccc2)C1.O=C(O)C(=O)O.O=C(O)C(=O)O. The van der Waals surface area contributed by atoms with E-state index in [0.717, 1.165) is 19.8 Å². The first kappa shape index (κ1) is 27.8. The van der Waals surface area contributed by atoms with Crippen molar-refractivity contribution in [3.05, 3.63) is 30.3 Å². The van der Waals surface area contributed by atoms with Gasteiger partial charge in [0.1, 0.15) is 0 Å². The molecule has 174 valence electrons. The summed E-state index contributed by atoms with van der Waals surface area (Å²) in [5.74, 6) is -7.30. The van der Waals surface area contributed by atoms with Gasteiger partial charge in [0.2, 0.25) is 0 Å². The number of unbranched alkanes of at least 4 members (excludes halogenated alkanes) is 1. The summed E-state index contributed by atoms with van der Waals surface area (Å²) < 4.78 is 0. The van der Waals surface area contributed by atoms with Crippen molar-refractivity contribution in [3.63, 3.8) is 0 Å². The van der Waals surface area contributed by atoms with Gasteiger partial charge in [0.05, 0.1) is 6.67 Å². The second-order valence-electron chi connectivity index (χ2n) is 6.60. The molecule has 1 aliphatic rings. The highest BCUT2D eigenvalue weighted by molar-refractivity contribution is 6.27. The summed E-state index contributed by atoms with van der Waals surface area (Å²) in [7, 11) is 0. The molecule has 1 fully saturated rings. The average molecular weight is 441 g/mol. The molecule has 1 aromatic carbocycles. The Morgan fingerprint density at radius 2 is 1.32 bits per heavy atom. The number of anilines is 1. The normalized spacial score (nSPS) is 13.6. The Kier molecular flexibility index (Phi) is 14.9. The maximum atomic E-state index is 9.10. The number of rotatable bonds is 7. The van der Waals surface area contributed by atoms with Crippen molar-refractivity contribution < 1.29 is 39.6 Å². The molecule has 1 aromatic rings. The largest absolute Gasteiger partial charge is 0.473 e. The highest BCUT2D eigenvalue weighted by atomic mass is 16.4. The minimum absolute atomic E-state index is 1.03. The average Bonchev–Trinajstić information content (AvgIpc) is 2.74. The number of para-hydroxylation sites is 1. The number of carboxylic acid groups (broad SMARTS) is 4. The van der Waals surface area contributed by atoms with Crippen LogP contribution in [-0.4, -0.2) is 93.5 Å². The van der Waals surface area contributed by atoms with E-state index in [-0.39, 0.29) is 0 Å². The molecular formula is C20H31N3O8. The fourth-order valence-corrected chi connectivity index (χ4v) is 2.60. The third-order valence-electron chi connectivity index (χ3n) is 4.07. The van der Waals surface area contributed by atoms with Crippen LogP contribution in [0.5, 0.6) is 0 Å². The Bertz CT molecular complexity index is 636. The molecule has 0 aliphatic carbocycles. The first-order valence-corrected chi connectivity index (χ1v) is 9.83. The van der Waals surface area contributed by atoms with E-state index in [0.29, 0.717) is 0 Å². The van der Waals surface area contributed by atoms with Crippen molar-refractivity contribution in [2.75, 3.05) is 44.7 Å². The lowest BCUT2D eigenvalue weighted by molar-refractivity contribution is -0.159.